The van der Waals surface area contributed by atoms with E-state index in [1.165, 1.54) is 11.3 Å². The smallest absolute Gasteiger partial charge is 0.262 e. The summed E-state index contributed by atoms with van der Waals surface area (Å²) in [6.45, 7) is 8.54. The van der Waals surface area contributed by atoms with Crippen molar-refractivity contribution >= 4 is 23.2 Å². The molecule has 0 saturated heterocycles. The topological polar surface area (TPSA) is 58.2 Å². The fraction of sp³-hybridized carbons (Fsp3) is 0.571. The lowest BCUT2D eigenvalue weighted by Gasteiger charge is -2.22. The average Bonchev–Trinajstić information content (AvgIpc) is 2.86. The Hall–Kier alpha value is -1.36. The number of thiophene rings is 1. The zero-order valence-corrected chi connectivity index (χ0v) is 12.7. The first-order valence-electron chi connectivity index (χ1n) is 6.54. The van der Waals surface area contributed by atoms with Gasteiger partial charge in [-0.3, -0.25) is 9.59 Å². The van der Waals surface area contributed by atoms with Crippen LogP contribution in [0.2, 0.25) is 0 Å². The standard InChI is InChI=1S/C14H22N2O2S/c1-9(2)8-15-14(18)12(10(3)4)16-13(17)11-6-5-7-19-11/h5-7,9-10,12H,8H2,1-4H3,(H,15,18)(H,16,17). The van der Waals surface area contributed by atoms with Gasteiger partial charge in [-0.2, -0.15) is 0 Å². The fourth-order valence-corrected chi connectivity index (χ4v) is 2.20. The van der Waals surface area contributed by atoms with Crippen LogP contribution in [0.5, 0.6) is 0 Å². The molecule has 1 rings (SSSR count). The Kier molecular flexibility index (Phi) is 6.02. The van der Waals surface area contributed by atoms with E-state index in [0.29, 0.717) is 17.3 Å². The molecule has 0 bridgehead atoms. The van der Waals surface area contributed by atoms with Crippen molar-refractivity contribution in [1.29, 1.82) is 0 Å². The summed E-state index contributed by atoms with van der Waals surface area (Å²) in [5, 5.41) is 7.51. The van der Waals surface area contributed by atoms with Gasteiger partial charge in [0.05, 0.1) is 4.88 Å². The van der Waals surface area contributed by atoms with Crippen molar-refractivity contribution in [3.63, 3.8) is 0 Å². The van der Waals surface area contributed by atoms with Crippen LogP contribution in [0, 0.1) is 11.8 Å². The van der Waals surface area contributed by atoms with E-state index in [4.69, 9.17) is 0 Å². The van der Waals surface area contributed by atoms with Gasteiger partial charge in [-0.05, 0) is 23.3 Å². The number of rotatable bonds is 6. The molecule has 1 unspecified atom stereocenters. The number of carbonyl (C=O) groups excluding carboxylic acids is 2. The van der Waals surface area contributed by atoms with Gasteiger partial charge in [-0.15, -0.1) is 11.3 Å². The first-order chi connectivity index (χ1) is 8.91. The Morgan fingerprint density at radius 1 is 1.26 bits per heavy atom. The van der Waals surface area contributed by atoms with Crippen LogP contribution in [-0.4, -0.2) is 24.4 Å². The fourth-order valence-electron chi connectivity index (χ4n) is 1.57. The summed E-state index contributed by atoms with van der Waals surface area (Å²) in [5.74, 6) is 0.142. The van der Waals surface area contributed by atoms with E-state index in [0.717, 1.165) is 0 Å². The second-order valence-corrected chi connectivity index (χ2v) is 6.26. The Balaban J connectivity index is 2.62. The molecule has 0 aliphatic carbocycles. The summed E-state index contributed by atoms with van der Waals surface area (Å²) in [6.07, 6.45) is 0. The molecular weight excluding hydrogens is 260 g/mol. The summed E-state index contributed by atoms with van der Waals surface area (Å²) in [4.78, 5) is 24.7. The van der Waals surface area contributed by atoms with Crippen LogP contribution in [0.25, 0.3) is 0 Å². The number of nitrogens with one attached hydrogen (secondary N) is 2. The minimum Gasteiger partial charge on any atom is -0.354 e. The maximum atomic E-state index is 12.1. The molecule has 0 saturated carbocycles. The minimum absolute atomic E-state index is 0.0519. The lowest BCUT2D eigenvalue weighted by Crippen LogP contribution is -2.50. The van der Waals surface area contributed by atoms with Gasteiger partial charge in [0.15, 0.2) is 0 Å². The number of amides is 2. The van der Waals surface area contributed by atoms with Crippen molar-refractivity contribution in [2.45, 2.75) is 33.7 Å². The van der Waals surface area contributed by atoms with Crippen LogP contribution in [0.3, 0.4) is 0 Å². The lowest BCUT2D eigenvalue weighted by atomic mass is 10.0. The number of hydrogen-bond donors (Lipinski definition) is 2. The van der Waals surface area contributed by atoms with Crippen molar-refractivity contribution in [1.82, 2.24) is 10.6 Å². The number of hydrogen-bond acceptors (Lipinski definition) is 3. The highest BCUT2D eigenvalue weighted by Crippen LogP contribution is 2.10. The van der Waals surface area contributed by atoms with Crippen molar-refractivity contribution < 1.29 is 9.59 Å². The third-order valence-corrected chi connectivity index (χ3v) is 3.53. The molecule has 0 spiro atoms. The average molecular weight is 282 g/mol. The molecular formula is C14H22N2O2S. The first kappa shape index (κ1) is 15.7. The largest absolute Gasteiger partial charge is 0.354 e. The second-order valence-electron chi connectivity index (χ2n) is 5.31. The van der Waals surface area contributed by atoms with Crippen molar-refractivity contribution in [3.8, 4) is 0 Å². The third-order valence-electron chi connectivity index (χ3n) is 2.67. The summed E-state index contributed by atoms with van der Waals surface area (Å²) in [5.41, 5.74) is 0. The summed E-state index contributed by atoms with van der Waals surface area (Å²) in [7, 11) is 0. The third kappa shape index (κ3) is 5.03. The van der Waals surface area contributed by atoms with Gasteiger partial charge in [-0.25, -0.2) is 0 Å². The van der Waals surface area contributed by atoms with E-state index >= 15 is 0 Å². The van der Waals surface area contributed by atoms with Crippen LogP contribution in [-0.2, 0) is 4.79 Å². The van der Waals surface area contributed by atoms with Gasteiger partial charge >= 0.3 is 0 Å². The molecule has 1 aromatic heterocycles. The van der Waals surface area contributed by atoms with Crippen molar-refractivity contribution in [2.75, 3.05) is 6.54 Å². The SMILES string of the molecule is CC(C)CNC(=O)C(NC(=O)c1cccs1)C(C)C. The van der Waals surface area contributed by atoms with Crippen LogP contribution >= 0.6 is 11.3 Å². The molecule has 1 aromatic rings. The normalized spacial score (nSPS) is 12.5. The van der Waals surface area contributed by atoms with Crippen LogP contribution in [0.4, 0.5) is 0 Å². The molecule has 106 valence electrons. The maximum absolute atomic E-state index is 12.1. The Bertz CT molecular complexity index is 413. The van der Waals surface area contributed by atoms with Gasteiger partial charge in [0.2, 0.25) is 5.91 Å². The second kappa shape index (κ2) is 7.28. The Labute approximate surface area is 118 Å². The quantitative estimate of drug-likeness (QED) is 0.841. The Morgan fingerprint density at radius 3 is 2.42 bits per heavy atom. The van der Waals surface area contributed by atoms with Gasteiger partial charge in [-0.1, -0.05) is 33.8 Å². The van der Waals surface area contributed by atoms with E-state index in [9.17, 15) is 9.59 Å². The van der Waals surface area contributed by atoms with Crippen molar-refractivity contribution in [2.24, 2.45) is 11.8 Å². The minimum atomic E-state index is -0.492. The highest BCUT2D eigenvalue weighted by molar-refractivity contribution is 7.12. The van der Waals surface area contributed by atoms with E-state index < -0.39 is 6.04 Å². The molecule has 0 aliphatic rings. The Morgan fingerprint density at radius 2 is 1.95 bits per heavy atom. The molecule has 0 fully saturated rings. The zero-order valence-electron chi connectivity index (χ0n) is 11.9. The summed E-state index contributed by atoms with van der Waals surface area (Å²) >= 11 is 1.37. The number of carbonyl (C=O) groups is 2. The predicted octanol–water partition coefficient (Wildman–Crippen LogP) is 2.27. The summed E-state index contributed by atoms with van der Waals surface area (Å²) in [6, 6.07) is 3.08. The summed E-state index contributed by atoms with van der Waals surface area (Å²) < 4.78 is 0. The monoisotopic (exact) mass is 282 g/mol. The van der Waals surface area contributed by atoms with Gasteiger partial charge in [0.1, 0.15) is 6.04 Å². The van der Waals surface area contributed by atoms with Gasteiger partial charge in [0, 0.05) is 6.54 Å². The highest BCUT2D eigenvalue weighted by atomic mass is 32.1. The van der Waals surface area contributed by atoms with Crippen LogP contribution < -0.4 is 10.6 Å². The zero-order chi connectivity index (χ0) is 14.4. The van der Waals surface area contributed by atoms with E-state index in [2.05, 4.69) is 10.6 Å². The predicted molar refractivity (Wildman–Crippen MR) is 78.3 cm³/mol. The molecule has 0 radical (unpaired) electrons. The first-order valence-corrected chi connectivity index (χ1v) is 7.41. The molecule has 5 heteroatoms. The van der Waals surface area contributed by atoms with Crippen LogP contribution in [0.15, 0.2) is 17.5 Å². The molecule has 1 heterocycles. The van der Waals surface area contributed by atoms with Crippen LogP contribution in [0.1, 0.15) is 37.4 Å². The highest BCUT2D eigenvalue weighted by Gasteiger charge is 2.24. The molecule has 2 amide bonds. The molecule has 1 atom stereocenters. The van der Waals surface area contributed by atoms with Gasteiger partial charge in [0.25, 0.3) is 5.91 Å². The molecule has 0 aromatic carbocycles. The van der Waals surface area contributed by atoms with E-state index in [1.807, 2.05) is 39.1 Å². The lowest BCUT2D eigenvalue weighted by molar-refractivity contribution is -0.124. The molecule has 0 aliphatic heterocycles. The van der Waals surface area contributed by atoms with E-state index in [-0.39, 0.29) is 17.7 Å². The van der Waals surface area contributed by atoms with Gasteiger partial charge < -0.3 is 10.6 Å². The molecule has 4 nitrogen and oxygen atoms in total. The maximum Gasteiger partial charge on any atom is 0.262 e. The molecule has 2 N–H and O–H groups in total. The molecule has 19 heavy (non-hydrogen) atoms. The van der Waals surface area contributed by atoms with E-state index in [1.54, 1.807) is 6.07 Å². The van der Waals surface area contributed by atoms with Crippen molar-refractivity contribution in [3.05, 3.63) is 22.4 Å².